The first-order valence-electron chi connectivity index (χ1n) is 9.31. The van der Waals surface area contributed by atoms with Crippen LogP contribution in [0.5, 0.6) is 0 Å². The van der Waals surface area contributed by atoms with Gasteiger partial charge in [-0.1, -0.05) is 12.1 Å². The summed E-state index contributed by atoms with van der Waals surface area (Å²) in [5, 5.41) is 7.63. The van der Waals surface area contributed by atoms with Gasteiger partial charge in [-0.25, -0.2) is 4.98 Å². The molecule has 0 saturated heterocycles. The normalized spacial score (nSPS) is 12.0. The molecule has 30 heavy (non-hydrogen) atoms. The maximum atomic E-state index is 12.8. The van der Waals surface area contributed by atoms with E-state index in [4.69, 9.17) is 4.42 Å². The van der Waals surface area contributed by atoms with Crippen molar-refractivity contribution in [1.29, 1.82) is 0 Å². The molecule has 1 unspecified atom stereocenters. The molecule has 0 fully saturated rings. The topological polar surface area (TPSA) is 88.6 Å². The molecule has 9 heteroatoms. The lowest BCUT2D eigenvalue weighted by Gasteiger charge is -2.17. The van der Waals surface area contributed by atoms with Crippen molar-refractivity contribution in [1.82, 2.24) is 14.7 Å². The number of carbonyl (C=O) groups is 2. The Morgan fingerprint density at radius 3 is 2.80 bits per heavy atom. The highest BCUT2D eigenvalue weighted by molar-refractivity contribution is 7.98. The predicted octanol–water partition coefficient (Wildman–Crippen LogP) is 4.15. The van der Waals surface area contributed by atoms with Gasteiger partial charge in [0.05, 0.1) is 12.0 Å². The first kappa shape index (κ1) is 20.2. The van der Waals surface area contributed by atoms with E-state index in [0.29, 0.717) is 12.1 Å². The SMILES string of the molecule is CSCCC(NC(=O)c1ccco1)C(=O)Nc1ccc(-c2cn3ccsc3n2)cc1. The van der Waals surface area contributed by atoms with Crippen molar-refractivity contribution in [3.8, 4) is 11.3 Å². The van der Waals surface area contributed by atoms with Gasteiger partial charge in [0.1, 0.15) is 6.04 Å². The second-order valence-electron chi connectivity index (χ2n) is 6.57. The third-order valence-corrected chi connectivity index (χ3v) is 5.93. The summed E-state index contributed by atoms with van der Waals surface area (Å²) >= 11 is 3.20. The minimum atomic E-state index is -0.658. The van der Waals surface area contributed by atoms with Crippen LogP contribution in [0.3, 0.4) is 0 Å². The Morgan fingerprint density at radius 1 is 1.27 bits per heavy atom. The van der Waals surface area contributed by atoms with Gasteiger partial charge in [0, 0.05) is 29.0 Å². The Labute approximate surface area is 181 Å². The molecule has 2 amide bonds. The van der Waals surface area contributed by atoms with Crippen molar-refractivity contribution in [2.24, 2.45) is 0 Å². The summed E-state index contributed by atoms with van der Waals surface area (Å²) in [5.41, 5.74) is 2.50. The van der Waals surface area contributed by atoms with Gasteiger partial charge in [-0.15, -0.1) is 11.3 Å². The molecule has 0 aliphatic carbocycles. The van der Waals surface area contributed by atoms with Crippen molar-refractivity contribution in [3.63, 3.8) is 0 Å². The Hall–Kier alpha value is -3.04. The predicted molar refractivity (Wildman–Crippen MR) is 120 cm³/mol. The first-order valence-corrected chi connectivity index (χ1v) is 11.6. The van der Waals surface area contributed by atoms with E-state index in [2.05, 4.69) is 15.6 Å². The van der Waals surface area contributed by atoms with Crippen molar-refractivity contribution in [2.75, 3.05) is 17.3 Å². The van der Waals surface area contributed by atoms with E-state index >= 15 is 0 Å². The number of fused-ring (bicyclic) bond motifs is 1. The Bertz CT molecular complexity index is 1100. The van der Waals surface area contributed by atoms with Gasteiger partial charge in [0.25, 0.3) is 5.91 Å². The number of carbonyl (C=O) groups excluding carboxylic acids is 2. The number of nitrogens with one attached hydrogen (secondary N) is 2. The fourth-order valence-corrected chi connectivity index (χ4v) is 4.13. The summed E-state index contributed by atoms with van der Waals surface area (Å²) < 4.78 is 7.09. The van der Waals surface area contributed by atoms with Crippen LogP contribution < -0.4 is 10.6 Å². The zero-order chi connectivity index (χ0) is 20.9. The van der Waals surface area contributed by atoms with Crippen LogP contribution in [0.1, 0.15) is 17.0 Å². The molecular weight excluding hydrogens is 420 g/mol. The van der Waals surface area contributed by atoms with Crippen molar-refractivity contribution >= 4 is 45.6 Å². The fraction of sp³-hybridized carbons (Fsp3) is 0.190. The number of anilines is 1. The van der Waals surface area contributed by atoms with Gasteiger partial charge in [-0.05, 0) is 42.7 Å². The van der Waals surface area contributed by atoms with Crippen LogP contribution in [0.4, 0.5) is 5.69 Å². The Morgan fingerprint density at radius 2 is 2.10 bits per heavy atom. The summed E-state index contributed by atoms with van der Waals surface area (Å²) in [6.45, 7) is 0. The number of imidazole rings is 1. The summed E-state index contributed by atoms with van der Waals surface area (Å²) in [4.78, 5) is 30.6. The number of thioether (sulfide) groups is 1. The molecule has 0 spiro atoms. The van der Waals surface area contributed by atoms with E-state index in [0.717, 1.165) is 22.0 Å². The quantitative estimate of drug-likeness (QED) is 0.430. The van der Waals surface area contributed by atoms with Crippen LogP contribution in [-0.2, 0) is 4.79 Å². The van der Waals surface area contributed by atoms with Crippen LogP contribution in [0, 0.1) is 0 Å². The van der Waals surface area contributed by atoms with E-state index < -0.39 is 11.9 Å². The molecule has 0 aliphatic heterocycles. The molecular formula is C21H20N4O3S2. The third kappa shape index (κ3) is 4.58. The van der Waals surface area contributed by atoms with Gasteiger partial charge in [0.2, 0.25) is 5.91 Å². The molecule has 4 rings (SSSR count). The van der Waals surface area contributed by atoms with Gasteiger partial charge < -0.3 is 15.1 Å². The monoisotopic (exact) mass is 440 g/mol. The molecule has 4 aromatic rings. The summed E-state index contributed by atoms with van der Waals surface area (Å²) in [6.07, 6.45) is 7.85. The van der Waals surface area contributed by atoms with Gasteiger partial charge in [-0.3, -0.25) is 14.0 Å². The van der Waals surface area contributed by atoms with Crippen molar-refractivity contribution < 1.29 is 14.0 Å². The number of benzene rings is 1. The number of nitrogens with zero attached hydrogens (tertiary/aromatic N) is 2. The number of hydrogen-bond donors (Lipinski definition) is 2. The highest BCUT2D eigenvalue weighted by Crippen LogP contribution is 2.23. The van der Waals surface area contributed by atoms with E-state index in [1.807, 2.05) is 52.7 Å². The van der Waals surface area contributed by atoms with Crippen molar-refractivity contribution in [3.05, 3.63) is 66.2 Å². The molecule has 2 N–H and O–H groups in total. The molecule has 0 radical (unpaired) electrons. The number of rotatable bonds is 8. The summed E-state index contributed by atoms with van der Waals surface area (Å²) in [5.74, 6) is 0.254. The lowest BCUT2D eigenvalue weighted by Crippen LogP contribution is -2.44. The van der Waals surface area contributed by atoms with Crippen LogP contribution in [0.25, 0.3) is 16.2 Å². The fourth-order valence-electron chi connectivity index (χ4n) is 2.96. The van der Waals surface area contributed by atoms with Crippen LogP contribution >= 0.6 is 23.1 Å². The number of amides is 2. The zero-order valence-electron chi connectivity index (χ0n) is 16.2. The maximum absolute atomic E-state index is 12.8. The number of aromatic nitrogens is 2. The highest BCUT2D eigenvalue weighted by atomic mass is 32.2. The minimum absolute atomic E-state index is 0.182. The van der Waals surface area contributed by atoms with Crippen LogP contribution in [0.2, 0.25) is 0 Å². The average Bonchev–Trinajstić information content (AvgIpc) is 3.49. The number of thiazole rings is 1. The highest BCUT2D eigenvalue weighted by Gasteiger charge is 2.22. The van der Waals surface area contributed by atoms with E-state index in [1.54, 1.807) is 35.2 Å². The summed E-state index contributed by atoms with van der Waals surface area (Å²) in [7, 11) is 0. The lowest BCUT2D eigenvalue weighted by atomic mass is 10.1. The second-order valence-corrected chi connectivity index (χ2v) is 8.43. The molecule has 3 aromatic heterocycles. The third-order valence-electron chi connectivity index (χ3n) is 4.52. The molecule has 3 heterocycles. The molecule has 1 atom stereocenters. The average molecular weight is 441 g/mol. The standard InChI is InChI=1S/C21H20N4O3S2/c1-29-11-8-16(23-20(27)18-3-2-10-28-18)19(26)22-15-6-4-14(5-7-15)17-13-25-9-12-30-21(25)24-17/h2-7,9-10,12-13,16H,8,11H2,1H3,(H,22,26)(H,23,27). The van der Waals surface area contributed by atoms with Gasteiger partial charge >= 0.3 is 0 Å². The van der Waals surface area contributed by atoms with Gasteiger partial charge in [0.15, 0.2) is 10.7 Å². The molecule has 0 saturated carbocycles. The zero-order valence-corrected chi connectivity index (χ0v) is 17.8. The van der Waals surface area contributed by atoms with E-state index in [-0.39, 0.29) is 11.7 Å². The van der Waals surface area contributed by atoms with E-state index in [9.17, 15) is 9.59 Å². The van der Waals surface area contributed by atoms with Crippen LogP contribution in [-0.4, -0.2) is 39.2 Å². The Kier molecular flexibility index (Phi) is 6.20. The Balaban J connectivity index is 1.43. The molecule has 1 aromatic carbocycles. The smallest absolute Gasteiger partial charge is 0.287 e. The minimum Gasteiger partial charge on any atom is -0.459 e. The summed E-state index contributed by atoms with van der Waals surface area (Å²) in [6, 6.07) is 10.0. The van der Waals surface area contributed by atoms with E-state index in [1.165, 1.54) is 6.26 Å². The lowest BCUT2D eigenvalue weighted by molar-refractivity contribution is -0.118. The molecule has 0 bridgehead atoms. The number of hydrogen-bond acceptors (Lipinski definition) is 6. The molecule has 7 nitrogen and oxygen atoms in total. The molecule has 154 valence electrons. The van der Waals surface area contributed by atoms with Crippen LogP contribution in [0.15, 0.2) is 64.9 Å². The largest absolute Gasteiger partial charge is 0.459 e. The van der Waals surface area contributed by atoms with Crippen molar-refractivity contribution in [2.45, 2.75) is 12.5 Å². The first-order chi connectivity index (χ1) is 14.6. The molecule has 0 aliphatic rings. The maximum Gasteiger partial charge on any atom is 0.287 e. The number of furan rings is 1. The van der Waals surface area contributed by atoms with Gasteiger partial charge in [-0.2, -0.15) is 11.8 Å². The second kappa shape index (κ2) is 9.19.